The number of benzene rings is 2. The number of hydrogen-bond donors (Lipinski definition) is 2. The summed E-state index contributed by atoms with van der Waals surface area (Å²) in [6.07, 6.45) is 0. The molecule has 2 aromatic rings. The van der Waals surface area contributed by atoms with Crippen LogP contribution in [-0.4, -0.2) is 23.9 Å². The van der Waals surface area contributed by atoms with Gasteiger partial charge in [0.25, 0.3) is 0 Å². The van der Waals surface area contributed by atoms with E-state index in [1.807, 2.05) is 38.1 Å². The maximum Gasteiger partial charge on any atom is 0.337 e. The summed E-state index contributed by atoms with van der Waals surface area (Å²) in [4.78, 5) is 11.4. The van der Waals surface area contributed by atoms with Crippen LogP contribution >= 0.6 is 12.2 Å². The van der Waals surface area contributed by atoms with Gasteiger partial charge in [0, 0.05) is 5.69 Å². The van der Waals surface area contributed by atoms with E-state index in [2.05, 4.69) is 20.6 Å². The minimum absolute atomic E-state index is 0.368. The average Bonchev–Trinajstić information content (AvgIpc) is 2.60. The van der Waals surface area contributed by atoms with Crippen molar-refractivity contribution in [2.24, 2.45) is 5.10 Å². The van der Waals surface area contributed by atoms with Crippen molar-refractivity contribution < 1.29 is 9.53 Å². The molecule has 0 heterocycles. The lowest BCUT2D eigenvalue weighted by Gasteiger charge is -2.09. The Morgan fingerprint density at radius 1 is 1.04 bits per heavy atom. The molecule has 0 aromatic heterocycles. The number of hydrogen-bond acceptors (Lipinski definition) is 4. The van der Waals surface area contributed by atoms with Crippen LogP contribution in [0, 0.1) is 6.92 Å². The highest BCUT2D eigenvalue weighted by molar-refractivity contribution is 7.80. The summed E-state index contributed by atoms with van der Waals surface area (Å²) in [6, 6.07) is 14.9. The fourth-order valence-electron chi connectivity index (χ4n) is 1.96. The van der Waals surface area contributed by atoms with Gasteiger partial charge in [0.15, 0.2) is 5.11 Å². The molecule has 24 heavy (non-hydrogen) atoms. The third kappa shape index (κ3) is 4.89. The van der Waals surface area contributed by atoms with Crippen LogP contribution in [0.2, 0.25) is 0 Å². The predicted octanol–water partition coefficient (Wildman–Crippen LogP) is 3.49. The second-order valence-corrected chi connectivity index (χ2v) is 5.61. The second-order valence-electron chi connectivity index (χ2n) is 5.20. The fourth-order valence-corrected chi connectivity index (χ4v) is 2.12. The molecule has 0 fully saturated rings. The minimum Gasteiger partial charge on any atom is -0.465 e. The molecule has 2 N–H and O–H groups in total. The molecule has 0 aliphatic rings. The molecule has 0 amide bonds. The highest BCUT2D eigenvalue weighted by Crippen LogP contribution is 2.10. The Morgan fingerprint density at radius 2 is 1.62 bits per heavy atom. The lowest BCUT2D eigenvalue weighted by molar-refractivity contribution is 0.0601. The van der Waals surface area contributed by atoms with E-state index in [9.17, 15) is 4.79 Å². The minimum atomic E-state index is -0.374. The Balaban J connectivity index is 1.94. The highest BCUT2D eigenvalue weighted by Gasteiger charge is 2.05. The molecule has 0 saturated carbocycles. The van der Waals surface area contributed by atoms with E-state index in [4.69, 9.17) is 12.2 Å². The van der Waals surface area contributed by atoms with Crippen molar-refractivity contribution in [1.82, 2.24) is 5.43 Å². The van der Waals surface area contributed by atoms with Crippen molar-refractivity contribution in [3.05, 3.63) is 65.2 Å². The van der Waals surface area contributed by atoms with E-state index in [0.717, 1.165) is 17.0 Å². The van der Waals surface area contributed by atoms with Gasteiger partial charge < -0.3 is 10.1 Å². The summed E-state index contributed by atoms with van der Waals surface area (Å²) in [5, 5.41) is 7.64. The Labute approximate surface area is 146 Å². The molecular weight excluding hydrogens is 322 g/mol. The van der Waals surface area contributed by atoms with Crippen LogP contribution in [0.4, 0.5) is 5.69 Å². The molecule has 0 spiro atoms. The summed E-state index contributed by atoms with van der Waals surface area (Å²) in [7, 11) is 1.35. The number of methoxy groups -OCH3 is 1. The first kappa shape index (κ1) is 17.6. The second kappa shape index (κ2) is 8.21. The normalized spacial score (nSPS) is 10.9. The molecule has 2 rings (SSSR count). The number of aryl methyl sites for hydroxylation is 1. The quantitative estimate of drug-likeness (QED) is 0.386. The molecule has 0 atom stereocenters. The zero-order valence-corrected chi connectivity index (χ0v) is 14.6. The number of anilines is 1. The molecule has 0 aliphatic heterocycles. The van der Waals surface area contributed by atoms with Crippen LogP contribution in [0.3, 0.4) is 0 Å². The molecule has 0 saturated heterocycles. The van der Waals surface area contributed by atoms with Crippen LogP contribution in [0.25, 0.3) is 0 Å². The molecule has 0 aliphatic carbocycles. The summed E-state index contributed by atoms with van der Waals surface area (Å²) < 4.78 is 4.66. The Hall–Kier alpha value is -2.73. The zero-order chi connectivity index (χ0) is 17.5. The van der Waals surface area contributed by atoms with Gasteiger partial charge in [0.1, 0.15) is 0 Å². The SMILES string of the molecule is COC(=O)c1ccc(NC(=S)N/N=C(/C)c2ccc(C)cc2)cc1. The van der Waals surface area contributed by atoms with Gasteiger partial charge in [-0.15, -0.1) is 0 Å². The lowest BCUT2D eigenvalue weighted by Crippen LogP contribution is -2.25. The van der Waals surface area contributed by atoms with Crippen LogP contribution in [-0.2, 0) is 4.74 Å². The number of esters is 1. The smallest absolute Gasteiger partial charge is 0.337 e. The molecule has 6 heteroatoms. The van der Waals surface area contributed by atoms with Crippen LogP contribution in [0.5, 0.6) is 0 Å². The van der Waals surface area contributed by atoms with Gasteiger partial charge in [-0.1, -0.05) is 29.8 Å². The van der Waals surface area contributed by atoms with E-state index < -0.39 is 0 Å². The number of thiocarbonyl (C=S) groups is 1. The molecule has 2 aromatic carbocycles. The third-order valence-electron chi connectivity index (χ3n) is 3.36. The topological polar surface area (TPSA) is 62.7 Å². The molecular formula is C18H19N3O2S. The standard InChI is InChI=1S/C18H19N3O2S/c1-12-4-6-14(7-5-12)13(2)20-21-18(24)19-16-10-8-15(9-11-16)17(22)23-3/h4-11H,1-3H3,(H2,19,21,24)/b20-13-. The molecule has 0 bridgehead atoms. The number of ether oxygens (including phenoxy) is 1. The number of hydrazone groups is 1. The van der Waals surface area contributed by atoms with E-state index >= 15 is 0 Å². The van der Waals surface area contributed by atoms with E-state index in [-0.39, 0.29) is 5.97 Å². The third-order valence-corrected chi connectivity index (χ3v) is 3.55. The largest absolute Gasteiger partial charge is 0.465 e. The van der Waals surface area contributed by atoms with Gasteiger partial charge in [0.05, 0.1) is 18.4 Å². The van der Waals surface area contributed by atoms with Gasteiger partial charge in [0.2, 0.25) is 0 Å². The number of nitrogens with zero attached hydrogens (tertiary/aromatic N) is 1. The van der Waals surface area contributed by atoms with E-state index in [1.165, 1.54) is 12.7 Å². The summed E-state index contributed by atoms with van der Waals surface area (Å²) in [5.41, 5.74) is 7.10. The summed E-state index contributed by atoms with van der Waals surface area (Å²) in [5.74, 6) is -0.374. The van der Waals surface area contributed by atoms with Crippen molar-refractivity contribution in [2.45, 2.75) is 13.8 Å². The highest BCUT2D eigenvalue weighted by atomic mass is 32.1. The molecule has 5 nitrogen and oxygen atoms in total. The van der Waals surface area contributed by atoms with Crippen LogP contribution < -0.4 is 10.7 Å². The van der Waals surface area contributed by atoms with Crippen molar-refractivity contribution in [2.75, 3.05) is 12.4 Å². The fraction of sp³-hybridized carbons (Fsp3) is 0.167. The van der Waals surface area contributed by atoms with Crippen LogP contribution in [0.15, 0.2) is 53.6 Å². The summed E-state index contributed by atoms with van der Waals surface area (Å²) >= 11 is 5.21. The van der Waals surface area contributed by atoms with Gasteiger partial charge in [-0.25, -0.2) is 4.79 Å². The van der Waals surface area contributed by atoms with Gasteiger partial charge >= 0.3 is 5.97 Å². The van der Waals surface area contributed by atoms with Crippen molar-refractivity contribution >= 4 is 34.7 Å². The molecule has 124 valence electrons. The van der Waals surface area contributed by atoms with E-state index in [1.54, 1.807) is 24.3 Å². The Morgan fingerprint density at radius 3 is 2.21 bits per heavy atom. The summed E-state index contributed by atoms with van der Waals surface area (Å²) in [6.45, 7) is 3.95. The number of nitrogens with one attached hydrogen (secondary N) is 2. The van der Waals surface area contributed by atoms with Gasteiger partial charge in [-0.05, 0) is 55.9 Å². The van der Waals surface area contributed by atoms with E-state index in [0.29, 0.717) is 10.7 Å². The molecule has 0 radical (unpaired) electrons. The van der Waals surface area contributed by atoms with Crippen molar-refractivity contribution in [1.29, 1.82) is 0 Å². The van der Waals surface area contributed by atoms with Gasteiger partial charge in [-0.3, -0.25) is 5.43 Å². The van der Waals surface area contributed by atoms with Crippen LogP contribution in [0.1, 0.15) is 28.4 Å². The maximum atomic E-state index is 11.4. The number of carbonyl (C=O) groups excluding carboxylic acids is 1. The lowest BCUT2D eigenvalue weighted by atomic mass is 10.1. The first-order valence-electron chi connectivity index (χ1n) is 7.36. The predicted molar refractivity (Wildman–Crippen MR) is 101 cm³/mol. The van der Waals surface area contributed by atoms with Gasteiger partial charge in [-0.2, -0.15) is 5.10 Å². The first-order valence-corrected chi connectivity index (χ1v) is 7.77. The average molecular weight is 341 g/mol. The monoisotopic (exact) mass is 341 g/mol. The molecule has 0 unspecified atom stereocenters. The van der Waals surface area contributed by atoms with Crippen molar-refractivity contribution in [3.8, 4) is 0 Å². The van der Waals surface area contributed by atoms with Crippen molar-refractivity contribution in [3.63, 3.8) is 0 Å². The zero-order valence-electron chi connectivity index (χ0n) is 13.8. The Bertz CT molecular complexity index is 753. The number of carbonyl (C=O) groups is 1. The maximum absolute atomic E-state index is 11.4. The number of rotatable bonds is 4. The first-order chi connectivity index (χ1) is 11.5. The Kier molecular flexibility index (Phi) is 6.03.